The highest BCUT2D eigenvalue weighted by Gasteiger charge is 2.41. The number of nitrogens with zero attached hydrogens (tertiary/aromatic N) is 2. The fraction of sp³-hybridized carbons (Fsp3) is 0.395. The molecule has 1 spiro atoms. The number of ketones is 1. The Balaban J connectivity index is 1.04. The van der Waals surface area contributed by atoms with Crippen LogP contribution in [0.4, 0.5) is 4.39 Å². The van der Waals surface area contributed by atoms with Gasteiger partial charge in [-0.25, -0.2) is 4.39 Å². The van der Waals surface area contributed by atoms with Gasteiger partial charge in [-0.2, -0.15) is 0 Å². The maximum absolute atomic E-state index is 14.2. The molecule has 2 saturated heterocycles. The molecule has 0 atom stereocenters. The number of likely N-dealkylation sites (tertiary alicyclic amines) is 1. The molecule has 7 nitrogen and oxygen atoms in total. The summed E-state index contributed by atoms with van der Waals surface area (Å²) in [6.45, 7) is 9.60. The lowest BCUT2D eigenvalue weighted by atomic mass is 9.77. The van der Waals surface area contributed by atoms with Crippen molar-refractivity contribution in [1.82, 2.24) is 9.88 Å². The van der Waals surface area contributed by atoms with Crippen LogP contribution >= 0.6 is 0 Å². The van der Waals surface area contributed by atoms with Gasteiger partial charge < -0.3 is 19.1 Å². The largest absolute Gasteiger partial charge is 0.493 e. The zero-order chi connectivity index (χ0) is 32.3. The van der Waals surface area contributed by atoms with Crippen molar-refractivity contribution in [2.75, 3.05) is 32.9 Å². The van der Waals surface area contributed by atoms with Crippen LogP contribution in [0.3, 0.4) is 0 Å². The van der Waals surface area contributed by atoms with Crippen molar-refractivity contribution in [2.45, 2.75) is 59.3 Å². The van der Waals surface area contributed by atoms with Crippen LogP contribution in [0.5, 0.6) is 17.2 Å². The number of pyridine rings is 1. The normalized spacial score (nSPS) is 15.5. The second kappa shape index (κ2) is 13.6. The van der Waals surface area contributed by atoms with Crippen molar-refractivity contribution in [3.05, 3.63) is 94.4 Å². The summed E-state index contributed by atoms with van der Waals surface area (Å²) in [6, 6.07) is 16.3. The number of Topliss-reactive ketones (excluding diaryl/α,β-unsaturated/α-hetero) is 1. The Morgan fingerprint density at radius 3 is 2.43 bits per heavy atom. The smallest absolute Gasteiger partial charge is 0.222 e. The number of aromatic nitrogens is 1. The molecule has 240 valence electrons. The number of benzene rings is 3. The Bertz CT molecular complexity index is 1760. The van der Waals surface area contributed by atoms with Crippen LogP contribution in [0.2, 0.25) is 0 Å². The van der Waals surface area contributed by atoms with Crippen molar-refractivity contribution in [3.63, 3.8) is 0 Å². The number of carbonyl (C=O) groups excluding carboxylic acids is 2. The van der Waals surface area contributed by atoms with Crippen molar-refractivity contribution in [1.29, 1.82) is 0 Å². The van der Waals surface area contributed by atoms with Crippen LogP contribution < -0.4 is 9.47 Å². The number of fused-ring (bicyclic) bond motifs is 1. The Morgan fingerprint density at radius 1 is 0.913 bits per heavy atom. The van der Waals surface area contributed by atoms with Gasteiger partial charge in [0.05, 0.1) is 25.3 Å². The van der Waals surface area contributed by atoms with E-state index in [1.54, 1.807) is 18.3 Å². The standard InChI is InChI=1S/C38H41FN2O5/c1-25-6-9-33(39)29(17-25)21-30(42)20-28-7-8-31(18-26(28)2)46-35-10-13-40-34-22-36(27(3)19-32(34)35)45-16-4-5-37(43)41-14-11-38(12-15-41)23-44-24-38/h6-10,13,17-19,22H,4-5,11-12,14-16,20-21,23-24H2,1-3H3. The van der Waals surface area contributed by atoms with Crippen LogP contribution in [0, 0.1) is 32.0 Å². The number of piperidine rings is 1. The van der Waals surface area contributed by atoms with E-state index in [9.17, 15) is 14.0 Å². The van der Waals surface area contributed by atoms with Gasteiger partial charge in [-0.05, 0) is 92.6 Å². The van der Waals surface area contributed by atoms with Gasteiger partial charge in [0.2, 0.25) is 5.91 Å². The van der Waals surface area contributed by atoms with Crippen LogP contribution in [-0.4, -0.2) is 54.5 Å². The van der Waals surface area contributed by atoms with E-state index in [1.165, 1.54) is 6.07 Å². The highest BCUT2D eigenvalue weighted by atomic mass is 19.1. The summed E-state index contributed by atoms with van der Waals surface area (Å²) in [5, 5.41) is 0.861. The number of ether oxygens (including phenoxy) is 3. The number of hydrogen-bond acceptors (Lipinski definition) is 6. The molecule has 0 N–H and O–H groups in total. The van der Waals surface area contributed by atoms with Crippen molar-refractivity contribution < 1.29 is 28.2 Å². The van der Waals surface area contributed by atoms with Crippen molar-refractivity contribution in [2.24, 2.45) is 5.41 Å². The molecule has 8 heteroatoms. The Labute approximate surface area is 269 Å². The van der Waals surface area contributed by atoms with E-state index in [0.29, 0.717) is 41.9 Å². The number of carbonyl (C=O) groups is 2. The summed E-state index contributed by atoms with van der Waals surface area (Å²) in [6.07, 6.45) is 5.20. The number of hydrogen-bond donors (Lipinski definition) is 0. The van der Waals surface area contributed by atoms with Gasteiger partial charge in [0.15, 0.2) is 0 Å². The predicted octanol–water partition coefficient (Wildman–Crippen LogP) is 7.24. The van der Waals surface area contributed by atoms with Crippen LogP contribution in [-0.2, 0) is 27.2 Å². The molecule has 4 aromatic rings. The molecule has 0 unspecified atom stereocenters. The quantitative estimate of drug-likeness (QED) is 0.164. The molecule has 6 rings (SSSR count). The van der Waals surface area contributed by atoms with Crippen LogP contribution in [0.25, 0.3) is 10.9 Å². The number of amides is 1. The lowest BCUT2D eigenvalue weighted by Crippen LogP contribution is -2.52. The summed E-state index contributed by atoms with van der Waals surface area (Å²) in [5.74, 6) is 1.87. The Kier molecular flexibility index (Phi) is 9.36. The molecule has 0 radical (unpaired) electrons. The van der Waals surface area contributed by atoms with E-state index in [0.717, 1.165) is 78.1 Å². The summed E-state index contributed by atoms with van der Waals surface area (Å²) < 4.78 is 31.9. The maximum atomic E-state index is 14.2. The average Bonchev–Trinajstić information content (AvgIpc) is 3.02. The molecule has 0 bridgehead atoms. The van der Waals surface area contributed by atoms with E-state index in [2.05, 4.69) is 4.98 Å². The zero-order valence-electron chi connectivity index (χ0n) is 26.9. The third-order valence-corrected chi connectivity index (χ3v) is 9.30. The summed E-state index contributed by atoms with van der Waals surface area (Å²) in [7, 11) is 0. The first-order valence-corrected chi connectivity index (χ1v) is 16.1. The monoisotopic (exact) mass is 624 g/mol. The first kappa shape index (κ1) is 31.7. The van der Waals surface area contributed by atoms with E-state index in [1.807, 2.05) is 62.1 Å². The second-order valence-electron chi connectivity index (χ2n) is 12.9. The highest BCUT2D eigenvalue weighted by molar-refractivity contribution is 5.87. The number of rotatable bonds is 11. The van der Waals surface area contributed by atoms with Crippen LogP contribution in [0.1, 0.15) is 53.5 Å². The third kappa shape index (κ3) is 7.23. The molecular formula is C38H41FN2O5. The van der Waals surface area contributed by atoms with Gasteiger partial charge in [-0.1, -0.05) is 23.8 Å². The van der Waals surface area contributed by atoms with Gasteiger partial charge in [0, 0.05) is 55.4 Å². The van der Waals surface area contributed by atoms with Crippen molar-refractivity contribution in [3.8, 4) is 17.2 Å². The minimum atomic E-state index is -0.351. The summed E-state index contributed by atoms with van der Waals surface area (Å²) in [4.78, 5) is 32.0. The molecule has 3 heterocycles. The maximum Gasteiger partial charge on any atom is 0.222 e. The SMILES string of the molecule is Cc1ccc(F)c(CC(=O)Cc2ccc(Oc3ccnc4cc(OCCCC(=O)N5CCC6(CC5)COC6)c(C)cc34)cc2C)c1. The molecule has 2 aliphatic rings. The number of aryl methyl sites for hydroxylation is 3. The molecular weight excluding hydrogens is 583 g/mol. The van der Waals surface area contributed by atoms with Gasteiger partial charge in [0.1, 0.15) is 28.8 Å². The number of halogens is 1. The zero-order valence-corrected chi connectivity index (χ0v) is 26.9. The average molecular weight is 625 g/mol. The van der Waals surface area contributed by atoms with E-state index in [-0.39, 0.29) is 30.3 Å². The minimum Gasteiger partial charge on any atom is -0.493 e. The fourth-order valence-electron chi connectivity index (χ4n) is 6.36. The predicted molar refractivity (Wildman–Crippen MR) is 175 cm³/mol. The lowest BCUT2D eigenvalue weighted by Gasteiger charge is -2.47. The highest BCUT2D eigenvalue weighted by Crippen LogP contribution is 2.38. The molecule has 1 aromatic heterocycles. The summed E-state index contributed by atoms with van der Waals surface area (Å²) >= 11 is 0. The molecule has 1 amide bonds. The van der Waals surface area contributed by atoms with E-state index in [4.69, 9.17) is 14.2 Å². The first-order chi connectivity index (χ1) is 22.2. The van der Waals surface area contributed by atoms with Crippen LogP contribution in [0.15, 0.2) is 60.8 Å². The molecule has 0 saturated carbocycles. The molecule has 2 fully saturated rings. The molecule has 46 heavy (non-hydrogen) atoms. The second-order valence-corrected chi connectivity index (χ2v) is 12.9. The topological polar surface area (TPSA) is 78.0 Å². The van der Waals surface area contributed by atoms with Gasteiger partial charge in [0.25, 0.3) is 0 Å². The molecule has 2 aliphatic heterocycles. The summed E-state index contributed by atoms with van der Waals surface area (Å²) in [5.41, 5.74) is 5.20. The van der Waals surface area contributed by atoms with E-state index < -0.39 is 0 Å². The van der Waals surface area contributed by atoms with Gasteiger partial charge >= 0.3 is 0 Å². The van der Waals surface area contributed by atoms with Gasteiger partial charge in [-0.15, -0.1) is 0 Å². The van der Waals surface area contributed by atoms with Crippen molar-refractivity contribution >= 4 is 22.6 Å². The molecule has 0 aliphatic carbocycles. The lowest BCUT2D eigenvalue weighted by molar-refractivity contribution is -0.153. The Morgan fingerprint density at radius 2 is 1.70 bits per heavy atom. The van der Waals surface area contributed by atoms with E-state index >= 15 is 0 Å². The van der Waals surface area contributed by atoms with Gasteiger partial charge in [-0.3, -0.25) is 14.6 Å². The minimum absolute atomic E-state index is 0.0406. The Hall–Kier alpha value is -4.30. The third-order valence-electron chi connectivity index (χ3n) is 9.30. The fourth-order valence-corrected chi connectivity index (χ4v) is 6.36. The first-order valence-electron chi connectivity index (χ1n) is 16.1. The molecule has 3 aromatic carbocycles.